The van der Waals surface area contributed by atoms with E-state index < -0.39 is 0 Å². The summed E-state index contributed by atoms with van der Waals surface area (Å²) in [7, 11) is 0. The molecule has 1 amide bonds. The number of amides is 1. The maximum atomic E-state index is 13.2. The number of nitrogens with one attached hydrogen (secondary N) is 1. The Morgan fingerprint density at radius 2 is 1.68 bits per heavy atom. The number of hydrogen-bond donors (Lipinski definition) is 1. The summed E-state index contributed by atoms with van der Waals surface area (Å²) >= 11 is 12.3. The first-order valence-corrected chi connectivity index (χ1v) is 11.0. The Bertz CT molecular complexity index is 1220. The second-order valence-electron chi connectivity index (χ2n) is 7.60. The second kappa shape index (κ2) is 9.51. The number of para-hydroxylation sites is 1. The fourth-order valence-electron chi connectivity index (χ4n) is 3.57. The molecule has 0 saturated carbocycles. The van der Waals surface area contributed by atoms with Crippen molar-refractivity contribution in [3.8, 4) is 11.3 Å². The Morgan fingerprint density at radius 1 is 0.935 bits per heavy atom. The maximum Gasteiger partial charge on any atom is 0.252 e. The molecule has 156 valence electrons. The molecule has 1 N–H and O–H groups in total. The summed E-state index contributed by atoms with van der Waals surface area (Å²) in [5, 5.41) is 4.90. The Kier molecular flexibility index (Phi) is 6.55. The van der Waals surface area contributed by atoms with E-state index in [0.717, 1.165) is 29.3 Å². The summed E-state index contributed by atoms with van der Waals surface area (Å²) < 4.78 is 0. The number of pyridine rings is 1. The van der Waals surface area contributed by atoms with Crippen LogP contribution in [-0.2, 0) is 6.42 Å². The van der Waals surface area contributed by atoms with E-state index in [0.29, 0.717) is 21.3 Å². The van der Waals surface area contributed by atoms with Crippen LogP contribution in [0, 0.1) is 0 Å². The van der Waals surface area contributed by atoms with Gasteiger partial charge in [-0.2, -0.15) is 0 Å². The van der Waals surface area contributed by atoms with Gasteiger partial charge in [0.15, 0.2) is 0 Å². The van der Waals surface area contributed by atoms with Crippen molar-refractivity contribution in [1.82, 2.24) is 10.3 Å². The standard InChI is InChI=1S/C26H22Cl2N2O/c1-17(11-12-18-7-3-2-4-8-18)29-26(31)21-16-25(19-13-14-22(27)23(28)15-19)30-24-10-6-5-9-20(21)24/h2-10,13-17H,11-12H2,1H3,(H,29,31)/t17-/m1/s1. The van der Waals surface area contributed by atoms with E-state index in [-0.39, 0.29) is 11.9 Å². The third kappa shape index (κ3) is 5.07. The van der Waals surface area contributed by atoms with Gasteiger partial charge in [0.05, 0.1) is 26.8 Å². The molecule has 0 fully saturated rings. The van der Waals surface area contributed by atoms with Gasteiger partial charge >= 0.3 is 0 Å². The van der Waals surface area contributed by atoms with E-state index in [2.05, 4.69) is 17.4 Å². The monoisotopic (exact) mass is 448 g/mol. The molecule has 5 heteroatoms. The number of rotatable bonds is 6. The first-order chi connectivity index (χ1) is 15.0. The lowest BCUT2D eigenvalue weighted by Crippen LogP contribution is -2.33. The largest absolute Gasteiger partial charge is 0.350 e. The van der Waals surface area contributed by atoms with Gasteiger partial charge in [-0.25, -0.2) is 4.98 Å². The number of hydrogen-bond acceptors (Lipinski definition) is 2. The number of benzene rings is 3. The van der Waals surface area contributed by atoms with Crippen molar-refractivity contribution < 1.29 is 4.79 Å². The highest BCUT2D eigenvalue weighted by Crippen LogP contribution is 2.30. The van der Waals surface area contributed by atoms with Gasteiger partial charge in [-0.15, -0.1) is 0 Å². The molecule has 0 unspecified atom stereocenters. The van der Waals surface area contributed by atoms with Crippen molar-refractivity contribution in [2.45, 2.75) is 25.8 Å². The molecule has 0 saturated heterocycles. The number of halogens is 2. The van der Waals surface area contributed by atoms with Crippen LogP contribution in [0.5, 0.6) is 0 Å². The van der Waals surface area contributed by atoms with Crippen molar-refractivity contribution in [3.63, 3.8) is 0 Å². The molecular weight excluding hydrogens is 427 g/mol. The zero-order valence-electron chi connectivity index (χ0n) is 17.1. The van der Waals surface area contributed by atoms with Crippen LogP contribution in [0.2, 0.25) is 10.0 Å². The predicted octanol–water partition coefficient (Wildman–Crippen LogP) is 6.96. The van der Waals surface area contributed by atoms with Gasteiger partial charge in [-0.3, -0.25) is 4.79 Å². The van der Waals surface area contributed by atoms with Gasteiger partial charge in [0, 0.05) is 17.0 Å². The van der Waals surface area contributed by atoms with E-state index >= 15 is 0 Å². The lowest BCUT2D eigenvalue weighted by Gasteiger charge is -2.16. The minimum Gasteiger partial charge on any atom is -0.350 e. The zero-order chi connectivity index (χ0) is 21.8. The smallest absolute Gasteiger partial charge is 0.252 e. The molecule has 4 aromatic rings. The average Bonchev–Trinajstić information content (AvgIpc) is 2.79. The molecule has 1 atom stereocenters. The molecule has 4 rings (SSSR count). The number of carbonyl (C=O) groups excluding carboxylic acids is 1. The second-order valence-corrected chi connectivity index (χ2v) is 8.41. The summed E-state index contributed by atoms with van der Waals surface area (Å²) in [6.07, 6.45) is 1.77. The fourth-order valence-corrected chi connectivity index (χ4v) is 3.87. The zero-order valence-corrected chi connectivity index (χ0v) is 18.6. The van der Waals surface area contributed by atoms with E-state index in [1.165, 1.54) is 5.56 Å². The molecule has 0 bridgehead atoms. The SMILES string of the molecule is C[C@H](CCc1ccccc1)NC(=O)c1cc(-c2ccc(Cl)c(Cl)c2)nc2ccccc12. The van der Waals surface area contributed by atoms with Crippen molar-refractivity contribution in [1.29, 1.82) is 0 Å². The Balaban J connectivity index is 1.60. The van der Waals surface area contributed by atoms with Gasteiger partial charge in [0.1, 0.15) is 0 Å². The van der Waals surface area contributed by atoms with Gasteiger partial charge in [-0.1, -0.05) is 77.8 Å². The lowest BCUT2D eigenvalue weighted by molar-refractivity contribution is 0.0940. The van der Waals surface area contributed by atoms with Crippen LogP contribution in [-0.4, -0.2) is 16.9 Å². The number of fused-ring (bicyclic) bond motifs is 1. The molecule has 31 heavy (non-hydrogen) atoms. The van der Waals surface area contributed by atoms with E-state index in [1.54, 1.807) is 12.1 Å². The van der Waals surface area contributed by atoms with Gasteiger partial charge in [0.25, 0.3) is 5.91 Å². The molecule has 0 radical (unpaired) electrons. The summed E-state index contributed by atoms with van der Waals surface area (Å²) in [4.78, 5) is 17.9. The Hall–Kier alpha value is -2.88. The number of nitrogens with zero attached hydrogens (tertiary/aromatic N) is 1. The van der Waals surface area contributed by atoms with Crippen molar-refractivity contribution >= 4 is 40.0 Å². The molecule has 0 spiro atoms. The lowest BCUT2D eigenvalue weighted by atomic mass is 10.0. The van der Waals surface area contributed by atoms with Crippen LogP contribution in [0.4, 0.5) is 0 Å². The van der Waals surface area contributed by atoms with Crippen LogP contribution >= 0.6 is 23.2 Å². The highest BCUT2D eigenvalue weighted by molar-refractivity contribution is 6.42. The highest BCUT2D eigenvalue weighted by Gasteiger charge is 2.16. The summed E-state index contributed by atoms with van der Waals surface area (Å²) in [5.41, 5.74) is 4.11. The maximum absolute atomic E-state index is 13.2. The van der Waals surface area contributed by atoms with Gasteiger partial charge in [-0.05, 0) is 49.6 Å². The van der Waals surface area contributed by atoms with Crippen LogP contribution in [0.3, 0.4) is 0 Å². The van der Waals surface area contributed by atoms with Crippen molar-refractivity contribution in [2.75, 3.05) is 0 Å². The first-order valence-electron chi connectivity index (χ1n) is 10.2. The predicted molar refractivity (Wildman–Crippen MR) is 129 cm³/mol. The van der Waals surface area contributed by atoms with Crippen LogP contribution in [0.1, 0.15) is 29.3 Å². The van der Waals surface area contributed by atoms with Gasteiger partial charge < -0.3 is 5.32 Å². The number of aromatic nitrogens is 1. The summed E-state index contributed by atoms with van der Waals surface area (Å²) in [6, 6.07) is 25.2. The van der Waals surface area contributed by atoms with E-state index in [4.69, 9.17) is 28.2 Å². The highest BCUT2D eigenvalue weighted by atomic mass is 35.5. The third-order valence-corrected chi connectivity index (χ3v) is 6.00. The number of carbonyl (C=O) groups is 1. The summed E-state index contributed by atoms with van der Waals surface area (Å²) in [5.74, 6) is -0.111. The van der Waals surface area contributed by atoms with E-state index in [1.807, 2.05) is 61.5 Å². The van der Waals surface area contributed by atoms with Crippen LogP contribution in [0.15, 0.2) is 78.9 Å². The molecule has 1 aromatic heterocycles. The van der Waals surface area contributed by atoms with Gasteiger partial charge in [0.2, 0.25) is 0 Å². The van der Waals surface area contributed by atoms with Crippen molar-refractivity contribution in [2.24, 2.45) is 0 Å². The fraction of sp³-hybridized carbons (Fsp3) is 0.154. The molecule has 0 aliphatic rings. The normalized spacial score (nSPS) is 12.0. The molecule has 1 heterocycles. The minimum absolute atomic E-state index is 0.0352. The molecule has 3 nitrogen and oxygen atoms in total. The first kappa shape index (κ1) is 21.4. The Morgan fingerprint density at radius 3 is 2.45 bits per heavy atom. The third-order valence-electron chi connectivity index (χ3n) is 5.26. The Labute approximate surface area is 192 Å². The van der Waals surface area contributed by atoms with Crippen LogP contribution < -0.4 is 5.32 Å². The quantitative estimate of drug-likeness (QED) is 0.346. The van der Waals surface area contributed by atoms with Crippen LogP contribution in [0.25, 0.3) is 22.2 Å². The van der Waals surface area contributed by atoms with E-state index in [9.17, 15) is 4.79 Å². The van der Waals surface area contributed by atoms with Crippen molar-refractivity contribution in [3.05, 3.63) is 100 Å². The topological polar surface area (TPSA) is 42.0 Å². The number of aryl methyl sites for hydroxylation is 1. The summed E-state index contributed by atoms with van der Waals surface area (Å²) in [6.45, 7) is 2.03. The minimum atomic E-state index is -0.111. The molecule has 3 aromatic carbocycles. The molecular formula is C26H22Cl2N2O. The molecule has 0 aliphatic carbocycles. The average molecular weight is 449 g/mol. The molecule has 0 aliphatic heterocycles.